The number of piperidine rings is 1. The summed E-state index contributed by atoms with van der Waals surface area (Å²) in [5.74, 6) is 0.364. The first-order valence-corrected chi connectivity index (χ1v) is 10.4. The van der Waals surface area contributed by atoms with Crippen molar-refractivity contribution in [2.75, 3.05) is 26.2 Å². The van der Waals surface area contributed by atoms with E-state index in [9.17, 15) is 4.79 Å². The van der Waals surface area contributed by atoms with Crippen molar-refractivity contribution in [3.05, 3.63) is 53.9 Å². The number of nitrogens with zero attached hydrogens (tertiary/aromatic N) is 2. The minimum absolute atomic E-state index is 0. The number of ether oxygens (including phenoxy) is 1. The highest BCUT2D eigenvalue weighted by molar-refractivity contribution is 5.85. The molecule has 2 atom stereocenters. The first-order valence-electron chi connectivity index (χ1n) is 10.4. The van der Waals surface area contributed by atoms with Crippen LogP contribution in [-0.4, -0.2) is 41.9 Å². The molecule has 2 unspecified atom stereocenters. The molecule has 7 heteroatoms. The lowest BCUT2D eigenvalue weighted by atomic mass is 9.86. The highest BCUT2D eigenvalue weighted by atomic mass is 35.5. The van der Waals surface area contributed by atoms with E-state index in [0.717, 1.165) is 45.4 Å². The monoisotopic (exact) mass is 418 g/mol. The lowest BCUT2D eigenvalue weighted by molar-refractivity contribution is -0.132. The van der Waals surface area contributed by atoms with Gasteiger partial charge in [0, 0.05) is 31.5 Å². The summed E-state index contributed by atoms with van der Waals surface area (Å²) in [5.41, 5.74) is 1.86. The van der Waals surface area contributed by atoms with Crippen LogP contribution in [0.3, 0.4) is 0 Å². The molecule has 0 aliphatic carbocycles. The van der Waals surface area contributed by atoms with Gasteiger partial charge in [0.25, 0.3) is 0 Å². The summed E-state index contributed by atoms with van der Waals surface area (Å²) in [6.45, 7) is 5.16. The van der Waals surface area contributed by atoms with E-state index in [1.54, 1.807) is 6.20 Å². The van der Waals surface area contributed by atoms with Crippen LogP contribution in [0.2, 0.25) is 0 Å². The quantitative estimate of drug-likeness (QED) is 0.783. The molecule has 2 saturated heterocycles. The third-order valence-electron chi connectivity index (χ3n) is 6.17. The van der Waals surface area contributed by atoms with Crippen molar-refractivity contribution in [1.82, 2.24) is 20.4 Å². The van der Waals surface area contributed by atoms with Crippen molar-refractivity contribution in [1.29, 1.82) is 0 Å². The Bertz CT molecular complexity index is 773. The van der Waals surface area contributed by atoms with E-state index < -0.39 is 5.54 Å². The second-order valence-corrected chi connectivity index (χ2v) is 8.05. The van der Waals surface area contributed by atoms with Gasteiger partial charge in [-0.2, -0.15) is 5.10 Å². The molecule has 0 spiro atoms. The van der Waals surface area contributed by atoms with E-state index in [4.69, 9.17) is 4.74 Å². The van der Waals surface area contributed by atoms with Crippen LogP contribution < -0.4 is 10.6 Å². The molecule has 2 fully saturated rings. The molecular weight excluding hydrogens is 388 g/mol. The van der Waals surface area contributed by atoms with Crippen molar-refractivity contribution < 1.29 is 9.53 Å². The van der Waals surface area contributed by atoms with Gasteiger partial charge >= 0.3 is 0 Å². The number of rotatable bonds is 5. The fraction of sp³-hybridized carbons (Fsp3) is 0.545. The molecule has 6 nitrogen and oxygen atoms in total. The van der Waals surface area contributed by atoms with Gasteiger partial charge in [0.2, 0.25) is 5.91 Å². The van der Waals surface area contributed by atoms with Crippen LogP contribution in [0.15, 0.2) is 42.7 Å². The average molecular weight is 419 g/mol. The van der Waals surface area contributed by atoms with Gasteiger partial charge in [-0.05, 0) is 57.3 Å². The Kier molecular flexibility index (Phi) is 7.33. The van der Waals surface area contributed by atoms with Crippen LogP contribution in [-0.2, 0) is 15.1 Å². The average Bonchev–Trinajstić information content (AvgIpc) is 3.29. The van der Waals surface area contributed by atoms with Gasteiger partial charge in [0.15, 0.2) is 0 Å². The summed E-state index contributed by atoms with van der Waals surface area (Å²) in [4.78, 5) is 13.3. The molecule has 29 heavy (non-hydrogen) atoms. The van der Waals surface area contributed by atoms with E-state index in [1.165, 1.54) is 11.1 Å². The lowest BCUT2D eigenvalue weighted by Gasteiger charge is -2.38. The van der Waals surface area contributed by atoms with Gasteiger partial charge in [0.05, 0.1) is 6.10 Å². The van der Waals surface area contributed by atoms with E-state index in [2.05, 4.69) is 46.9 Å². The number of carbonyl (C=O) groups excluding carboxylic acids is 1. The molecule has 2 aliphatic heterocycles. The van der Waals surface area contributed by atoms with E-state index >= 15 is 0 Å². The van der Waals surface area contributed by atoms with Crippen molar-refractivity contribution in [3.8, 4) is 0 Å². The predicted octanol–water partition coefficient (Wildman–Crippen LogP) is 2.98. The van der Waals surface area contributed by atoms with E-state index in [-0.39, 0.29) is 30.3 Å². The Balaban J connectivity index is 0.00000240. The summed E-state index contributed by atoms with van der Waals surface area (Å²) in [6.07, 6.45) is 7.31. The molecule has 0 bridgehead atoms. The van der Waals surface area contributed by atoms with Gasteiger partial charge in [0.1, 0.15) is 5.54 Å². The zero-order chi connectivity index (χ0) is 19.4. The summed E-state index contributed by atoms with van der Waals surface area (Å²) in [6, 6.07) is 10.4. The fourth-order valence-corrected chi connectivity index (χ4v) is 4.49. The van der Waals surface area contributed by atoms with Crippen LogP contribution in [0.25, 0.3) is 0 Å². The topological polar surface area (TPSA) is 68.2 Å². The number of halogens is 1. The standard InChI is InChI=1S/C22H30N4O2.ClH/c1-17-5-7-18(8-6-17)20-19(4-2-15-28-20)16-24-21(27)22(9-12-23-13-10-22)26-14-3-11-25-26;/h3,5-8,11,14,19-20,23H,2,4,9-10,12-13,15-16H2,1H3,(H,24,27);1H. The van der Waals surface area contributed by atoms with Crippen LogP contribution in [0.1, 0.15) is 42.9 Å². The van der Waals surface area contributed by atoms with E-state index in [0.29, 0.717) is 6.54 Å². The summed E-state index contributed by atoms with van der Waals surface area (Å²) >= 11 is 0. The van der Waals surface area contributed by atoms with Crippen LogP contribution in [0, 0.1) is 12.8 Å². The molecule has 1 amide bonds. The maximum absolute atomic E-state index is 13.3. The zero-order valence-electron chi connectivity index (χ0n) is 17.0. The van der Waals surface area contributed by atoms with Gasteiger partial charge < -0.3 is 15.4 Å². The van der Waals surface area contributed by atoms with Crippen molar-refractivity contribution in [2.45, 2.75) is 44.2 Å². The molecule has 0 saturated carbocycles. The number of aromatic nitrogens is 2. The number of nitrogens with one attached hydrogen (secondary N) is 2. The molecule has 1 aromatic heterocycles. The fourth-order valence-electron chi connectivity index (χ4n) is 4.49. The van der Waals surface area contributed by atoms with Crippen LogP contribution >= 0.6 is 12.4 Å². The summed E-state index contributed by atoms with van der Waals surface area (Å²) < 4.78 is 7.96. The minimum Gasteiger partial charge on any atom is -0.373 e. The normalized spacial score (nSPS) is 23.8. The van der Waals surface area contributed by atoms with Crippen molar-refractivity contribution in [3.63, 3.8) is 0 Å². The molecule has 158 valence electrons. The number of carbonyl (C=O) groups is 1. The Morgan fingerprint density at radius 1 is 1.31 bits per heavy atom. The Hall–Kier alpha value is -1.89. The third kappa shape index (κ3) is 4.65. The second-order valence-electron chi connectivity index (χ2n) is 8.05. The maximum atomic E-state index is 13.3. The Morgan fingerprint density at radius 2 is 2.07 bits per heavy atom. The minimum atomic E-state index is -0.594. The zero-order valence-corrected chi connectivity index (χ0v) is 17.8. The van der Waals surface area contributed by atoms with Gasteiger partial charge in [-0.1, -0.05) is 29.8 Å². The molecule has 4 rings (SSSR count). The summed E-state index contributed by atoms with van der Waals surface area (Å²) in [7, 11) is 0. The first kappa shape index (κ1) is 21.8. The third-order valence-corrected chi connectivity index (χ3v) is 6.17. The van der Waals surface area contributed by atoms with E-state index in [1.807, 2.05) is 16.9 Å². The maximum Gasteiger partial charge on any atom is 0.248 e. The largest absolute Gasteiger partial charge is 0.373 e. The van der Waals surface area contributed by atoms with Crippen molar-refractivity contribution in [2.24, 2.45) is 5.92 Å². The lowest BCUT2D eigenvalue weighted by Crippen LogP contribution is -2.55. The highest BCUT2D eigenvalue weighted by Gasteiger charge is 2.42. The van der Waals surface area contributed by atoms with Gasteiger partial charge in [-0.25, -0.2) is 0 Å². The molecule has 2 aromatic rings. The molecule has 3 heterocycles. The highest BCUT2D eigenvalue weighted by Crippen LogP contribution is 2.34. The smallest absolute Gasteiger partial charge is 0.248 e. The number of amides is 1. The van der Waals surface area contributed by atoms with Crippen LogP contribution in [0.4, 0.5) is 0 Å². The predicted molar refractivity (Wildman–Crippen MR) is 115 cm³/mol. The summed E-state index contributed by atoms with van der Waals surface area (Å²) in [5, 5.41) is 11.0. The second kappa shape index (κ2) is 9.74. The van der Waals surface area contributed by atoms with Gasteiger partial charge in [-0.3, -0.25) is 9.48 Å². The SMILES string of the molecule is Cc1ccc(C2OCCCC2CNC(=O)C2(n3cccn3)CCNCC2)cc1.Cl. The molecular formula is C22H31ClN4O2. The van der Waals surface area contributed by atoms with Crippen LogP contribution in [0.5, 0.6) is 0 Å². The Morgan fingerprint density at radius 3 is 2.76 bits per heavy atom. The Labute approximate surface area is 178 Å². The molecule has 1 aromatic carbocycles. The number of aryl methyl sites for hydroxylation is 1. The molecule has 0 radical (unpaired) electrons. The van der Waals surface area contributed by atoms with Gasteiger partial charge in [-0.15, -0.1) is 12.4 Å². The van der Waals surface area contributed by atoms with Crippen molar-refractivity contribution >= 4 is 18.3 Å². The first-order chi connectivity index (χ1) is 13.7. The number of hydrogen-bond acceptors (Lipinski definition) is 4. The molecule has 2 aliphatic rings. The molecule has 2 N–H and O–H groups in total. The number of benzene rings is 1. The number of hydrogen-bond donors (Lipinski definition) is 2.